The summed E-state index contributed by atoms with van der Waals surface area (Å²) in [5.74, 6) is 0. The van der Waals surface area contributed by atoms with Crippen molar-refractivity contribution < 1.29 is 8.42 Å². The number of para-hydroxylation sites is 1. The van der Waals surface area contributed by atoms with Gasteiger partial charge in [0.15, 0.2) is 5.03 Å². The molecule has 0 amide bonds. The van der Waals surface area contributed by atoms with E-state index in [1.807, 2.05) is 95.6 Å². The molecule has 6 heteroatoms. The van der Waals surface area contributed by atoms with Crippen LogP contribution in [0.25, 0.3) is 10.9 Å². The Balaban J connectivity index is 1.58. The summed E-state index contributed by atoms with van der Waals surface area (Å²) in [6, 6.07) is 29.5. The minimum Gasteiger partial charge on any atom is -0.330 e. The molecule has 1 aliphatic rings. The largest absolute Gasteiger partial charge is 0.330 e. The lowest BCUT2D eigenvalue weighted by Gasteiger charge is -2.29. The van der Waals surface area contributed by atoms with Crippen molar-refractivity contribution >= 4 is 20.9 Å². The standard InChI is InChI=1S/C28H31N3O2S/c1-30(28(22-11-4-2-5-12-22)23-13-6-3-7-14-23)34(32,33)27-21-24-15-8-9-17-26(24)31(27)20-18-25-16-10-19-29-25/h2-9,11-15,17,21,25,28-29H,10,16,18-20H2,1H3. The van der Waals surface area contributed by atoms with Gasteiger partial charge in [-0.05, 0) is 49.1 Å². The van der Waals surface area contributed by atoms with Gasteiger partial charge in [0.2, 0.25) is 0 Å². The molecular weight excluding hydrogens is 442 g/mol. The van der Waals surface area contributed by atoms with Gasteiger partial charge in [0, 0.05) is 30.5 Å². The quantitative estimate of drug-likeness (QED) is 0.383. The van der Waals surface area contributed by atoms with Gasteiger partial charge in [0.05, 0.1) is 6.04 Å². The highest BCUT2D eigenvalue weighted by Gasteiger charge is 2.33. The molecule has 1 aromatic heterocycles. The molecule has 1 saturated heterocycles. The summed E-state index contributed by atoms with van der Waals surface area (Å²) in [5, 5.41) is 4.84. The second-order valence-corrected chi connectivity index (χ2v) is 11.0. The lowest BCUT2D eigenvalue weighted by molar-refractivity contribution is 0.409. The molecule has 1 atom stereocenters. The fourth-order valence-corrected chi connectivity index (χ4v) is 6.65. The summed E-state index contributed by atoms with van der Waals surface area (Å²) in [4.78, 5) is 0. The Hall–Kier alpha value is -2.93. The van der Waals surface area contributed by atoms with Gasteiger partial charge in [-0.15, -0.1) is 0 Å². The topological polar surface area (TPSA) is 54.3 Å². The van der Waals surface area contributed by atoms with Gasteiger partial charge in [0.25, 0.3) is 10.0 Å². The third kappa shape index (κ3) is 4.41. The normalized spacial score (nSPS) is 16.6. The number of benzene rings is 3. The fraction of sp³-hybridized carbons (Fsp3) is 0.286. The number of nitrogens with one attached hydrogen (secondary N) is 1. The van der Waals surface area contributed by atoms with E-state index in [9.17, 15) is 8.42 Å². The number of nitrogens with zero attached hydrogens (tertiary/aromatic N) is 2. The first-order valence-electron chi connectivity index (χ1n) is 12.0. The Kier molecular flexibility index (Phi) is 6.55. The average molecular weight is 474 g/mol. The van der Waals surface area contributed by atoms with Crippen LogP contribution in [0.1, 0.15) is 36.4 Å². The van der Waals surface area contributed by atoms with Crippen LogP contribution in [0, 0.1) is 0 Å². The molecule has 0 saturated carbocycles. The van der Waals surface area contributed by atoms with Gasteiger partial charge in [-0.3, -0.25) is 0 Å². The maximum atomic E-state index is 14.2. The highest BCUT2D eigenvalue weighted by atomic mass is 32.2. The predicted molar refractivity (Wildman–Crippen MR) is 137 cm³/mol. The van der Waals surface area contributed by atoms with E-state index < -0.39 is 16.1 Å². The first-order valence-corrected chi connectivity index (χ1v) is 13.4. The Labute approximate surface area is 202 Å². The van der Waals surface area contributed by atoms with E-state index in [0.717, 1.165) is 41.4 Å². The maximum Gasteiger partial charge on any atom is 0.259 e. The summed E-state index contributed by atoms with van der Waals surface area (Å²) < 4.78 is 31.9. The van der Waals surface area contributed by atoms with Crippen LogP contribution in [0.15, 0.2) is 96.0 Å². The van der Waals surface area contributed by atoms with Crippen LogP contribution in [-0.2, 0) is 16.6 Å². The molecule has 3 aromatic carbocycles. The third-order valence-electron chi connectivity index (χ3n) is 6.87. The molecule has 34 heavy (non-hydrogen) atoms. The Bertz CT molecular complexity index is 1300. The molecule has 0 spiro atoms. The summed E-state index contributed by atoms with van der Waals surface area (Å²) in [5.41, 5.74) is 2.85. The Morgan fingerprint density at radius 1 is 0.941 bits per heavy atom. The molecule has 0 bridgehead atoms. The van der Waals surface area contributed by atoms with Crippen molar-refractivity contribution in [2.24, 2.45) is 0 Å². The summed E-state index contributed by atoms with van der Waals surface area (Å²) >= 11 is 0. The molecule has 5 nitrogen and oxygen atoms in total. The highest BCUT2D eigenvalue weighted by molar-refractivity contribution is 7.89. The van der Waals surface area contributed by atoms with Crippen LogP contribution in [0.4, 0.5) is 0 Å². The van der Waals surface area contributed by atoms with Crippen molar-refractivity contribution in [1.29, 1.82) is 0 Å². The maximum absolute atomic E-state index is 14.2. The minimum atomic E-state index is -3.80. The van der Waals surface area contributed by atoms with Crippen molar-refractivity contribution in [2.45, 2.75) is 42.9 Å². The Morgan fingerprint density at radius 3 is 2.18 bits per heavy atom. The van der Waals surface area contributed by atoms with Crippen molar-refractivity contribution in [3.63, 3.8) is 0 Å². The zero-order valence-corrected chi connectivity index (χ0v) is 20.3. The smallest absolute Gasteiger partial charge is 0.259 e. The molecule has 2 heterocycles. The fourth-order valence-electron chi connectivity index (χ4n) is 5.09. The van der Waals surface area contributed by atoms with Crippen molar-refractivity contribution in [2.75, 3.05) is 13.6 Å². The number of aromatic nitrogens is 1. The summed E-state index contributed by atoms with van der Waals surface area (Å²) in [7, 11) is -2.10. The van der Waals surface area contributed by atoms with Crippen LogP contribution in [0.2, 0.25) is 0 Å². The van der Waals surface area contributed by atoms with Gasteiger partial charge in [-0.2, -0.15) is 4.31 Å². The number of fused-ring (bicyclic) bond motifs is 1. The molecule has 4 aromatic rings. The zero-order valence-electron chi connectivity index (χ0n) is 19.5. The van der Waals surface area contributed by atoms with Crippen LogP contribution < -0.4 is 5.32 Å². The van der Waals surface area contributed by atoms with Crippen molar-refractivity contribution in [3.05, 3.63) is 102 Å². The molecule has 0 radical (unpaired) electrons. The van der Waals surface area contributed by atoms with Crippen molar-refractivity contribution in [3.8, 4) is 0 Å². The zero-order chi connectivity index (χ0) is 23.5. The highest BCUT2D eigenvalue weighted by Crippen LogP contribution is 2.34. The van der Waals surface area contributed by atoms with Gasteiger partial charge in [-0.25, -0.2) is 8.42 Å². The van der Waals surface area contributed by atoms with E-state index in [2.05, 4.69) is 5.32 Å². The number of hydrogen-bond donors (Lipinski definition) is 1. The number of hydrogen-bond acceptors (Lipinski definition) is 3. The van der Waals surface area contributed by atoms with E-state index in [4.69, 9.17) is 0 Å². The van der Waals surface area contributed by atoms with Gasteiger partial charge in [-0.1, -0.05) is 78.9 Å². The molecule has 1 fully saturated rings. The van der Waals surface area contributed by atoms with Gasteiger partial charge in [0.1, 0.15) is 0 Å². The van der Waals surface area contributed by atoms with E-state index in [1.54, 1.807) is 7.05 Å². The molecule has 5 rings (SSSR count). The summed E-state index contributed by atoms with van der Waals surface area (Å²) in [6.45, 7) is 1.70. The molecule has 176 valence electrons. The second kappa shape index (κ2) is 9.74. The molecule has 1 aliphatic heterocycles. The number of aryl methyl sites for hydroxylation is 1. The first kappa shape index (κ1) is 22.8. The van der Waals surface area contributed by atoms with Gasteiger partial charge >= 0.3 is 0 Å². The van der Waals surface area contributed by atoms with E-state index >= 15 is 0 Å². The monoisotopic (exact) mass is 473 g/mol. The molecule has 0 aliphatic carbocycles. The lowest BCUT2D eigenvalue weighted by Crippen LogP contribution is -2.33. The van der Waals surface area contributed by atoms with Crippen molar-refractivity contribution in [1.82, 2.24) is 14.2 Å². The average Bonchev–Trinajstić information content (AvgIpc) is 3.52. The first-order chi connectivity index (χ1) is 16.6. The Morgan fingerprint density at radius 2 is 1.56 bits per heavy atom. The molecular formula is C28H31N3O2S. The second-order valence-electron chi connectivity index (χ2n) is 9.02. The molecule has 1 N–H and O–H groups in total. The predicted octanol–water partition coefficient (Wildman–Crippen LogP) is 5.19. The number of sulfonamides is 1. The van der Waals surface area contributed by atoms with E-state index in [-0.39, 0.29) is 0 Å². The van der Waals surface area contributed by atoms with E-state index in [1.165, 1.54) is 10.7 Å². The van der Waals surface area contributed by atoms with E-state index in [0.29, 0.717) is 17.6 Å². The summed E-state index contributed by atoms with van der Waals surface area (Å²) in [6.07, 6.45) is 3.23. The van der Waals surface area contributed by atoms with Crippen LogP contribution in [-0.4, -0.2) is 36.9 Å². The SMILES string of the molecule is CN(C(c1ccccc1)c1ccccc1)S(=O)(=O)c1cc2ccccc2n1CCC1CCCN1. The number of rotatable bonds is 8. The van der Waals surface area contributed by atoms with Crippen LogP contribution in [0.5, 0.6) is 0 Å². The molecule has 1 unspecified atom stereocenters. The minimum absolute atomic E-state index is 0.353. The third-order valence-corrected chi connectivity index (χ3v) is 8.71. The van der Waals surface area contributed by atoms with Gasteiger partial charge < -0.3 is 9.88 Å². The van der Waals surface area contributed by atoms with Crippen LogP contribution >= 0.6 is 0 Å². The van der Waals surface area contributed by atoms with Crippen LogP contribution in [0.3, 0.4) is 0 Å². The lowest BCUT2D eigenvalue weighted by atomic mass is 9.99.